The van der Waals surface area contributed by atoms with E-state index in [2.05, 4.69) is 61.5 Å². The second-order valence-corrected chi connectivity index (χ2v) is 6.80. The van der Waals surface area contributed by atoms with Gasteiger partial charge < -0.3 is 4.90 Å². The lowest BCUT2D eigenvalue weighted by molar-refractivity contribution is 0.592. The first-order valence-electron chi connectivity index (χ1n) is 8.14. The zero-order valence-corrected chi connectivity index (χ0v) is 14.6. The van der Waals surface area contributed by atoms with Crippen molar-refractivity contribution in [3.63, 3.8) is 0 Å². The first-order valence-corrected chi connectivity index (χ1v) is 8.52. The van der Waals surface area contributed by atoms with Gasteiger partial charge in [0.2, 0.25) is 0 Å². The summed E-state index contributed by atoms with van der Waals surface area (Å²) in [4.78, 5) is 7.12. The molecule has 24 heavy (non-hydrogen) atoms. The van der Waals surface area contributed by atoms with Crippen molar-refractivity contribution in [2.24, 2.45) is 4.99 Å². The lowest BCUT2D eigenvalue weighted by Gasteiger charge is -2.29. The number of hydrogen-bond donors (Lipinski definition) is 0. The Labute approximate surface area is 147 Å². The number of halogens is 1. The number of amidine groups is 1. The van der Waals surface area contributed by atoms with Crippen LogP contribution in [0.1, 0.15) is 22.7 Å². The zero-order chi connectivity index (χ0) is 16.7. The summed E-state index contributed by atoms with van der Waals surface area (Å²) in [6.45, 7) is 0. The van der Waals surface area contributed by atoms with E-state index in [9.17, 15) is 0 Å². The molecule has 1 aliphatic heterocycles. The molecule has 0 radical (unpaired) electrons. The number of nitrogens with zero attached hydrogens (tertiary/aromatic N) is 2. The maximum absolute atomic E-state index is 6.49. The third kappa shape index (κ3) is 2.47. The van der Waals surface area contributed by atoms with Crippen molar-refractivity contribution < 1.29 is 0 Å². The normalized spacial score (nSPS) is 16.6. The summed E-state index contributed by atoms with van der Waals surface area (Å²) in [5.41, 5.74) is 3.68. The van der Waals surface area contributed by atoms with Crippen molar-refractivity contribution in [1.29, 1.82) is 0 Å². The number of hydrogen-bond acceptors (Lipinski definition) is 2. The topological polar surface area (TPSA) is 15.6 Å². The smallest absolute Gasteiger partial charge is 0.104 e. The van der Waals surface area contributed by atoms with Crippen molar-refractivity contribution in [3.05, 3.63) is 82.4 Å². The number of rotatable bonds is 1. The van der Waals surface area contributed by atoms with Gasteiger partial charge in [-0.15, -0.1) is 0 Å². The molecule has 1 aliphatic rings. The average Bonchev–Trinajstić information content (AvgIpc) is 2.61. The third-order valence-electron chi connectivity index (χ3n) is 4.70. The standard InChI is InChI=1S/C21H19ClN2/c1-24(2)20-13-18-15-8-4-3-7-14(15)11-12-16(18)21(23-20)17-9-5-6-10-19(17)22/h3-12,21H,13H2,1-2H3. The summed E-state index contributed by atoms with van der Waals surface area (Å²) in [5, 5.41) is 3.35. The molecule has 3 aromatic carbocycles. The Morgan fingerprint density at radius 1 is 0.917 bits per heavy atom. The van der Waals surface area contributed by atoms with E-state index in [-0.39, 0.29) is 6.04 Å². The molecule has 4 rings (SSSR count). The van der Waals surface area contributed by atoms with E-state index in [0.29, 0.717) is 0 Å². The molecule has 0 fully saturated rings. The molecule has 1 unspecified atom stereocenters. The highest BCUT2D eigenvalue weighted by atomic mass is 35.5. The molecule has 0 aliphatic carbocycles. The summed E-state index contributed by atoms with van der Waals surface area (Å²) >= 11 is 6.49. The molecule has 0 amide bonds. The first kappa shape index (κ1) is 15.2. The maximum Gasteiger partial charge on any atom is 0.104 e. The van der Waals surface area contributed by atoms with Gasteiger partial charge in [0.25, 0.3) is 0 Å². The molecular weight excluding hydrogens is 316 g/mol. The fourth-order valence-electron chi connectivity index (χ4n) is 3.44. The van der Waals surface area contributed by atoms with Gasteiger partial charge in [-0.3, -0.25) is 4.99 Å². The van der Waals surface area contributed by atoms with Crippen molar-refractivity contribution in [2.45, 2.75) is 12.5 Å². The second-order valence-electron chi connectivity index (χ2n) is 6.40. The Bertz CT molecular complexity index is 943. The first-order chi connectivity index (χ1) is 11.6. The van der Waals surface area contributed by atoms with Crippen LogP contribution in [-0.4, -0.2) is 24.8 Å². The molecule has 120 valence electrons. The van der Waals surface area contributed by atoms with E-state index < -0.39 is 0 Å². The number of likely N-dealkylation sites (N-methyl/N-ethyl adjacent to an activating group) is 1. The summed E-state index contributed by atoms with van der Waals surface area (Å²) in [6, 6.07) is 20.9. The van der Waals surface area contributed by atoms with Crippen LogP contribution in [0.3, 0.4) is 0 Å². The Kier molecular flexibility index (Phi) is 3.78. The van der Waals surface area contributed by atoms with Crippen LogP contribution in [0.2, 0.25) is 5.02 Å². The Morgan fingerprint density at radius 2 is 1.67 bits per heavy atom. The highest BCUT2D eigenvalue weighted by Crippen LogP contribution is 2.39. The molecule has 2 nitrogen and oxygen atoms in total. The lowest BCUT2D eigenvalue weighted by atomic mass is 9.87. The van der Waals surface area contributed by atoms with Crippen LogP contribution in [0.25, 0.3) is 10.8 Å². The van der Waals surface area contributed by atoms with Gasteiger partial charge in [0, 0.05) is 25.5 Å². The summed E-state index contributed by atoms with van der Waals surface area (Å²) < 4.78 is 0. The fourth-order valence-corrected chi connectivity index (χ4v) is 3.68. The number of aliphatic imine (C=N–C) groups is 1. The largest absolute Gasteiger partial charge is 0.366 e. The molecule has 1 atom stereocenters. The molecule has 0 N–H and O–H groups in total. The van der Waals surface area contributed by atoms with Crippen LogP contribution >= 0.6 is 11.6 Å². The van der Waals surface area contributed by atoms with Gasteiger partial charge >= 0.3 is 0 Å². The van der Waals surface area contributed by atoms with Crippen molar-refractivity contribution >= 4 is 28.2 Å². The third-order valence-corrected chi connectivity index (χ3v) is 5.04. The van der Waals surface area contributed by atoms with E-state index >= 15 is 0 Å². The van der Waals surface area contributed by atoms with Crippen LogP contribution in [-0.2, 0) is 6.42 Å². The van der Waals surface area contributed by atoms with Gasteiger partial charge in [0.1, 0.15) is 11.9 Å². The molecular formula is C21H19ClN2. The summed E-state index contributed by atoms with van der Waals surface area (Å²) in [6.07, 6.45) is 0.852. The van der Waals surface area contributed by atoms with Crippen molar-refractivity contribution in [3.8, 4) is 0 Å². The van der Waals surface area contributed by atoms with E-state index in [1.165, 1.54) is 21.9 Å². The Hall–Kier alpha value is -2.32. The predicted octanol–water partition coefficient (Wildman–Crippen LogP) is 5.10. The molecule has 3 aromatic rings. The zero-order valence-electron chi connectivity index (χ0n) is 13.8. The van der Waals surface area contributed by atoms with Crippen LogP contribution < -0.4 is 0 Å². The minimum Gasteiger partial charge on any atom is -0.366 e. The minimum absolute atomic E-state index is 0.0514. The van der Waals surface area contributed by atoms with Gasteiger partial charge in [0.05, 0.1) is 0 Å². The minimum atomic E-state index is -0.0514. The highest BCUT2D eigenvalue weighted by Gasteiger charge is 2.26. The van der Waals surface area contributed by atoms with Crippen molar-refractivity contribution in [2.75, 3.05) is 14.1 Å². The Morgan fingerprint density at radius 3 is 2.46 bits per heavy atom. The molecule has 0 aromatic heterocycles. The molecule has 0 saturated heterocycles. The SMILES string of the molecule is CN(C)C1=NC(c2ccccc2Cl)c2ccc3ccccc3c2C1. The van der Waals surface area contributed by atoms with Crippen LogP contribution in [0.4, 0.5) is 0 Å². The molecule has 0 saturated carbocycles. The molecule has 1 heterocycles. The van der Waals surface area contributed by atoms with Gasteiger partial charge in [0.15, 0.2) is 0 Å². The predicted molar refractivity (Wildman–Crippen MR) is 102 cm³/mol. The van der Waals surface area contributed by atoms with E-state index in [4.69, 9.17) is 16.6 Å². The molecule has 0 bridgehead atoms. The van der Waals surface area contributed by atoms with Crippen LogP contribution in [0.15, 0.2) is 65.7 Å². The van der Waals surface area contributed by atoms with Gasteiger partial charge in [-0.05, 0) is 33.5 Å². The fraction of sp³-hybridized carbons (Fsp3) is 0.190. The Balaban J connectivity index is 1.98. The van der Waals surface area contributed by atoms with Gasteiger partial charge in [-0.25, -0.2) is 0 Å². The number of fused-ring (bicyclic) bond motifs is 3. The van der Waals surface area contributed by atoms with Crippen LogP contribution in [0, 0.1) is 0 Å². The average molecular weight is 335 g/mol. The molecule has 3 heteroatoms. The maximum atomic E-state index is 6.49. The highest BCUT2D eigenvalue weighted by molar-refractivity contribution is 6.31. The van der Waals surface area contributed by atoms with Gasteiger partial charge in [-0.2, -0.15) is 0 Å². The van der Waals surface area contributed by atoms with Gasteiger partial charge in [-0.1, -0.05) is 66.2 Å². The lowest BCUT2D eigenvalue weighted by Crippen LogP contribution is -2.29. The quantitative estimate of drug-likeness (QED) is 0.604. The van der Waals surface area contributed by atoms with E-state index in [1.54, 1.807) is 0 Å². The summed E-state index contributed by atoms with van der Waals surface area (Å²) in [5.74, 6) is 1.09. The second kappa shape index (κ2) is 5.95. The van der Waals surface area contributed by atoms with Crippen LogP contribution in [0.5, 0.6) is 0 Å². The monoisotopic (exact) mass is 334 g/mol. The van der Waals surface area contributed by atoms with E-state index in [0.717, 1.165) is 22.8 Å². The van der Waals surface area contributed by atoms with Crippen molar-refractivity contribution in [1.82, 2.24) is 4.90 Å². The number of benzene rings is 3. The van der Waals surface area contributed by atoms with E-state index in [1.807, 2.05) is 18.2 Å². The molecule has 0 spiro atoms. The summed E-state index contributed by atoms with van der Waals surface area (Å²) in [7, 11) is 4.11.